The van der Waals surface area contributed by atoms with Crippen LogP contribution in [-0.2, 0) is 36.5 Å². The Morgan fingerprint density at radius 3 is 1.00 bits per heavy atom. The predicted molar refractivity (Wildman–Crippen MR) is 11.5 cm³/mol. The average molecular weight is 224 g/mol. The first-order chi connectivity index (χ1) is 0. The fourth-order valence-electron chi connectivity index (χ4n) is 0. The van der Waals surface area contributed by atoms with Gasteiger partial charge in [0.2, 0.25) is 0 Å². The summed E-state index contributed by atoms with van der Waals surface area (Å²) in [5.74, 6) is 0. The Morgan fingerprint density at radius 2 is 1.00 bits per heavy atom. The Morgan fingerprint density at radius 1 is 1.00 bits per heavy atom. The van der Waals surface area contributed by atoms with Crippen LogP contribution >= 0.6 is 0 Å². The van der Waals surface area contributed by atoms with Gasteiger partial charge in [0.15, 0.2) is 0 Å². The SMILES string of the molecule is [Fe].[Mg].[Se].[Zn]. The second-order valence-corrected chi connectivity index (χ2v) is 0. The molecule has 0 bridgehead atoms. The Kier molecular flexibility index (Phi) is 145. The van der Waals surface area contributed by atoms with Crippen molar-refractivity contribution in [1.29, 1.82) is 0 Å². The van der Waals surface area contributed by atoms with Gasteiger partial charge < -0.3 is 0 Å². The average Bonchev–Trinajstić information content (AvgIpc) is 0. The summed E-state index contributed by atoms with van der Waals surface area (Å²) < 4.78 is 0. The zero-order valence-electron chi connectivity index (χ0n) is 2.18. The topological polar surface area (TPSA) is 0 Å². The summed E-state index contributed by atoms with van der Waals surface area (Å²) in [5, 5.41) is 0. The molecule has 0 heterocycles. The molecule has 0 aliphatic rings. The van der Waals surface area contributed by atoms with Gasteiger partial charge in [-0.1, -0.05) is 0 Å². The zero-order valence-corrected chi connectivity index (χ0v) is 9.37. The second-order valence-electron chi connectivity index (χ2n) is 0. The molecule has 0 amide bonds. The van der Waals surface area contributed by atoms with Crippen molar-refractivity contribution in [3.63, 3.8) is 0 Å². The Hall–Kier alpha value is 2.43. The summed E-state index contributed by atoms with van der Waals surface area (Å²) in [6, 6.07) is 0. The number of hydrogen-bond acceptors (Lipinski definition) is 0. The van der Waals surface area contributed by atoms with Gasteiger partial charge in [-0.15, -0.1) is 0 Å². The molecule has 0 aromatic heterocycles. The van der Waals surface area contributed by atoms with E-state index in [1.807, 2.05) is 0 Å². The van der Waals surface area contributed by atoms with Gasteiger partial charge in [0, 0.05) is 76.7 Å². The maximum atomic E-state index is 0. The molecule has 0 aliphatic heterocycles. The van der Waals surface area contributed by atoms with Crippen LogP contribution in [0.25, 0.3) is 0 Å². The van der Waals surface area contributed by atoms with E-state index in [9.17, 15) is 0 Å². The minimum Gasteiger partial charge on any atom is 0 e. The van der Waals surface area contributed by atoms with Crippen molar-refractivity contribution < 1.29 is 36.5 Å². The van der Waals surface area contributed by atoms with E-state index in [-0.39, 0.29) is 76.7 Å². The molecule has 0 aromatic carbocycles. The van der Waals surface area contributed by atoms with Crippen LogP contribution in [-0.4, -0.2) is 40.1 Å². The van der Waals surface area contributed by atoms with Gasteiger partial charge in [-0.25, -0.2) is 0 Å². The quantitative estimate of drug-likeness (QED) is 0.474. The summed E-state index contributed by atoms with van der Waals surface area (Å²) in [6.45, 7) is 0. The molecule has 0 aliphatic carbocycles. The summed E-state index contributed by atoms with van der Waals surface area (Å²) in [6.07, 6.45) is 0. The molecule has 0 rings (SSSR count). The maximum absolute atomic E-state index is 0. The van der Waals surface area contributed by atoms with Gasteiger partial charge in [0.05, 0.1) is 0 Å². The van der Waals surface area contributed by atoms with Gasteiger partial charge in [0.25, 0.3) is 0 Å². The van der Waals surface area contributed by atoms with Crippen molar-refractivity contribution in [1.82, 2.24) is 0 Å². The first-order valence-corrected chi connectivity index (χ1v) is 0. The van der Waals surface area contributed by atoms with Crippen LogP contribution in [0.4, 0.5) is 0 Å². The Labute approximate surface area is 75.7 Å². The summed E-state index contributed by atoms with van der Waals surface area (Å²) >= 11 is 0. The molecule has 0 N–H and O–H groups in total. The third-order valence-electron chi connectivity index (χ3n) is 0. The van der Waals surface area contributed by atoms with Crippen LogP contribution in [0.1, 0.15) is 0 Å². The molecule has 0 fully saturated rings. The first-order valence-electron chi connectivity index (χ1n) is 0. The standard InChI is InChI=1S/Fe.Mg.Se.Zn. The van der Waals surface area contributed by atoms with Crippen LogP contribution in [0.2, 0.25) is 0 Å². The summed E-state index contributed by atoms with van der Waals surface area (Å²) in [4.78, 5) is 0. The molecule has 0 aromatic rings. The molecule has 4 radical (unpaired) electrons. The van der Waals surface area contributed by atoms with Crippen LogP contribution < -0.4 is 0 Å². The largest absolute Gasteiger partial charge is 0 e. The van der Waals surface area contributed by atoms with E-state index < -0.39 is 0 Å². The van der Waals surface area contributed by atoms with Crippen molar-refractivity contribution in [2.45, 2.75) is 0 Å². The molecular weight excluding hydrogens is 224 g/mol. The van der Waals surface area contributed by atoms with Gasteiger partial charge in [-0.05, 0) is 0 Å². The van der Waals surface area contributed by atoms with E-state index in [4.69, 9.17) is 0 Å². The molecule has 0 spiro atoms. The fraction of sp³-hybridized carbons (Fsp3) is 0. The molecule has 0 atom stereocenters. The van der Waals surface area contributed by atoms with Crippen molar-refractivity contribution >= 4 is 40.1 Å². The van der Waals surface area contributed by atoms with E-state index in [1.54, 1.807) is 0 Å². The molecule has 0 saturated heterocycles. The van der Waals surface area contributed by atoms with Gasteiger partial charge >= 0.3 is 0 Å². The normalized spacial score (nSPS) is 0. The van der Waals surface area contributed by atoms with E-state index in [0.29, 0.717) is 0 Å². The minimum absolute atomic E-state index is 0. The Bertz CT molecular complexity index is 8.00. The monoisotopic (exact) mass is 224 g/mol. The predicted octanol–water partition coefficient (Wildman–Crippen LogP) is -0.767. The van der Waals surface area contributed by atoms with Gasteiger partial charge in [0.1, 0.15) is 0 Å². The summed E-state index contributed by atoms with van der Waals surface area (Å²) in [7, 11) is 0. The number of rotatable bonds is 0. The van der Waals surface area contributed by atoms with Crippen LogP contribution in [0, 0.1) is 0 Å². The van der Waals surface area contributed by atoms with Crippen molar-refractivity contribution in [3.05, 3.63) is 0 Å². The third-order valence-corrected chi connectivity index (χ3v) is 0. The third kappa shape index (κ3) is 8.83. The van der Waals surface area contributed by atoms with E-state index in [1.165, 1.54) is 0 Å². The first kappa shape index (κ1) is 32.1. The smallest absolute Gasteiger partial charge is 0 e. The molecule has 18 valence electrons. The molecule has 4 heteroatoms. The van der Waals surface area contributed by atoms with Crippen LogP contribution in [0.15, 0.2) is 0 Å². The molecular formula is FeMgSeZn. The fourth-order valence-corrected chi connectivity index (χ4v) is 0. The second kappa shape index (κ2) is 18.1. The van der Waals surface area contributed by atoms with Crippen molar-refractivity contribution in [2.75, 3.05) is 0 Å². The van der Waals surface area contributed by atoms with Crippen LogP contribution in [0.3, 0.4) is 0 Å². The van der Waals surface area contributed by atoms with Crippen molar-refractivity contribution in [3.8, 4) is 0 Å². The van der Waals surface area contributed by atoms with E-state index in [2.05, 4.69) is 0 Å². The molecule has 0 nitrogen and oxygen atoms in total. The molecule has 4 heavy (non-hydrogen) atoms. The van der Waals surface area contributed by atoms with Crippen LogP contribution in [0.5, 0.6) is 0 Å². The minimum atomic E-state index is 0. The van der Waals surface area contributed by atoms with E-state index in [0.717, 1.165) is 0 Å². The Balaban J connectivity index is 0. The van der Waals surface area contributed by atoms with Gasteiger partial charge in [-0.3, -0.25) is 0 Å². The molecule has 0 unspecified atom stereocenters. The van der Waals surface area contributed by atoms with Gasteiger partial charge in [-0.2, -0.15) is 0 Å². The number of hydrogen-bond donors (Lipinski definition) is 0. The maximum Gasteiger partial charge on any atom is 0 e. The molecule has 0 saturated carbocycles. The summed E-state index contributed by atoms with van der Waals surface area (Å²) in [5.41, 5.74) is 0. The zero-order chi connectivity index (χ0) is 0. The van der Waals surface area contributed by atoms with E-state index >= 15 is 0 Å². The van der Waals surface area contributed by atoms with Crippen molar-refractivity contribution in [2.24, 2.45) is 0 Å².